The van der Waals surface area contributed by atoms with Crippen molar-refractivity contribution in [2.45, 2.75) is 6.04 Å². The summed E-state index contributed by atoms with van der Waals surface area (Å²) in [6.07, 6.45) is 0. The Bertz CT molecular complexity index is 422. The summed E-state index contributed by atoms with van der Waals surface area (Å²) < 4.78 is 4.63. The second-order valence-electron chi connectivity index (χ2n) is 3.87. The molecule has 1 aromatic rings. The molecule has 0 aromatic heterocycles. The van der Waals surface area contributed by atoms with E-state index in [1.807, 2.05) is 35.2 Å². The average molecular weight is 250 g/mol. The molecular weight excluding hydrogens is 236 g/mol. The van der Waals surface area contributed by atoms with Crippen molar-refractivity contribution in [2.24, 2.45) is 0 Å². The number of hydrogen-bond acceptors (Lipinski definition) is 3. The molecule has 1 saturated heterocycles. The van der Waals surface area contributed by atoms with Crippen LogP contribution in [0.4, 0.5) is 0 Å². The van der Waals surface area contributed by atoms with Gasteiger partial charge in [0.25, 0.3) is 0 Å². The maximum absolute atomic E-state index is 11.2. The lowest BCUT2D eigenvalue weighted by molar-refractivity contribution is -0.140. The van der Waals surface area contributed by atoms with Gasteiger partial charge in [0.15, 0.2) is 5.11 Å². The van der Waals surface area contributed by atoms with Crippen molar-refractivity contribution in [3.05, 3.63) is 35.9 Å². The van der Waals surface area contributed by atoms with Gasteiger partial charge in [0.05, 0.1) is 13.2 Å². The number of esters is 1. The summed E-state index contributed by atoms with van der Waals surface area (Å²) in [7, 11) is 1.38. The van der Waals surface area contributed by atoms with Crippen LogP contribution >= 0.6 is 12.2 Å². The predicted octanol–water partition coefficient (Wildman–Crippen LogP) is 1.09. The largest absolute Gasteiger partial charge is 0.468 e. The molecule has 90 valence electrons. The quantitative estimate of drug-likeness (QED) is 0.642. The van der Waals surface area contributed by atoms with Gasteiger partial charge in [-0.25, -0.2) is 0 Å². The van der Waals surface area contributed by atoms with Gasteiger partial charge in [-0.15, -0.1) is 0 Å². The maximum atomic E-state index is 11.2. The van der Waals surface area contributed by atoms with Crippen molar-refractivity contribution in [3.63, 3.8) is 0 Å². The van der Waals surface area contributed by atoms with Gasteiger partial charge < -0.3 is 15.0 Å². The summed E-state index contributed by atoms with van der Waals surface area (Å²) in [5.41, 5.74) is 1.17. The molecule has 1 aliphatic heterocycles. The number of benzene rings is 1. The number of nitrogens with zero attached hydrogens (tertiary/aromatic N) is 1. The van der Waals surface area contributed by atoms with E-state index in [4.69, 9.17) is 12.2 Å². The standard InChI is InChI=1S/C12H14N2O2S/c1-16-11(15)8-14-7-10(13-12(14)17)9-5-3-2-4-6-9/h2-6,10H,7-8H2,1H3,(H,13,17)/t10-/m1/s1. The van der Waals surface area contributed by atoms with Crippen molar-refractivity contribution in [2.75, 3.05) is 20.2 Å². The van der Waals surface area contributed by atoms with Crippen molar-refractivity contribution in [3.8, 4) is 0 Å². The van der Waals surface area contributed by atoms with Gasteiger partial charge in [-0.05, 0) is 17.8 Å². The van der Waals surface area contributed by atoms with Crippen LogP contribution in [-0.2, 0) is 9.53 Å². The predicted molar refractivity (Wildman–Crippen MR) is 68.5 cm³/mol. The Kier molecular flexibility index (Phi) is 3.58. The summed E-state index contributed by atoms with van der Waals surface area (Å²) in [5, 5.41) is 3.80. The molecule has 1 aromatic carbocycles. The molecule has 0 saturated carbocycles. The van der Waals surface area contributed by atoms with E-state index in [0.717, 1.165) is 0 Å². The minimum absolute atomic E-state index is 0.147. The minimum Gasteiger partial charge on any atom is -0.468 e. The Morgan fingerprint density at radius 2 is 2.24 bits per heavy atom. The first-order valence-electron chi connectivity index (χ1n) is 5.38. The topological polar surface area (TPSA) is 41.6 Å². The first kappa shape index (κ1) is 11.9. The molecule has 1 fully saturated rings. The Morgan fingerprint density at radius 3 is 2.88 bits per heavy atom. The van der Waals surface area contributed by atoms with Crippen LogP contribution in [0.25, 0.3) is 0 Å². The fourth-order valence-electron chi connectivity index (χ4n) is 1.82. The molecule has 1 heterocycles. The normalized spacial score (nSPS) is 19.0. The number of methoxy groups -OCH3 is 1. The highest BCUT2D eigenvalue weighted by atomic mass is 32.1. The van der Waals surface area contributed by atoms with Crippen LogP contribution in [0.1, 0.15) is 11.6 Å². The molecule has 0 amide bonds. The third-order valence-electron chi connectivity index (χ3n) is 2.74. The van der Waals surface area contributed by atoms with Crippen LogP contribution in [0.5, 0.6) is 0 Å². The fraction of sp³-hybridized carbons (Fsp3) is 0.333. The number of ether oxygens (including phenoxy) is 1. The highest BCUT2D eigenvalue weighted by Gasteiger charge is 2.28. The molecule has 1 aliphatic rings. The van der Waals surface area contributed by atoms with Gasteiger partial charge in [-0.2, -0.15) is 0 Å². The zero-order valence-electron chi connectivity index (χ0n) is 9.55. The molecule has 5 heteroatoms. The number of hydrogen-bond donors (Lipinski definition) is 1. The number of rotatable bonds is 3. The fourth-order valence-corrected chi connectivity index (χ4v) is 2.10. The Hall–Kier alpha value is -1.62. The smallest absolute Gasteiger partial charge is 0.325 e. The zero-order valence-corrected chi connectivity index (χ0v) is 10.4. The van der Waals surface area contributed by atoms with E-state index in [1.54, 1.807) is 0 Å². The molecule has 4 nitrogen and oxygen atoms in total. The number of carbonyl (C=O) groups excluding carboxylic acids is 1. The zero-order chi connectivity index (χ0) is 12.3. The van der Waals surface area contributed by atoms with Gasteiger partial charge in [0, 0.05) is 6.54 Å². The van der Waals surface area contributed by atoms with Gasteiger partial charge >= 0.3 is 5.97 Å². The molecule has 0 aliphatic carbocycles. The molecule has 1 atom stereocenters. The maximum Gasteiger partial charge on any atom is 0.325 e. The summed E-state index contributed by atoms with van der Waals surface area (Å²) in [6, 6.07) is 10.2. The number of nitrogens with one attached hydrogen (secondary N) is 1. The minimum atomic E-state index is -0.275. The van der Waals surface area contributed by atoms with E-state index in [0.29, 0.717) is 11.7 Å². The van der Waals surface area contributed by atoms with Crippen LogP contribution in [-0.4, -0.2) is 36.2 Å². The average Bonchev–Trinajstić information content (AvgIpc) is 2.72. The summed E-state index contributed by atoms with van der Waals surface area (Å²) in [5.74, 6) is -0.275. The third kappa shape index (κ3) is 2.74. The lowest BCUT2D eigenvalue weighted by Gasteiger charge is -2.14. The SMILES string of the molecule is COC(=O)CN1C[C@H](c2ccccc2)NC1=S. The molecule has 0 bridgehead atoms. The number of carbonyl (C=O) groups is 1. The Balaban J connectivity index is 2.02. The molecule has 1 N–H and O–H groups in total. The molecule has 0 unspecified atom stereocenters. The summed E-state index contributed by atoms with van der Waals surface area (Å²) in [4.78, 5) is 13.0. The first-order valence-corrected chi connectivity index (χ1v) is 5.78. The third-order valence-corrected chi connectivity index (χ3v) is 3.11. The van der Waals surface area contributed by atoms with Gasteiger partial charge in [0.1, 0.15) is 6.54 Å². The Labute approximate surface area is 106 Å². The van der Waals surface area contributed by atoms with Crippen LogP contribution < -0.4 is 5.32 Å². The molecule has 17 heavy (non-hydrogen) atoms. The highest BCUT2D eigenvalue weighted by Crippen LogP contribution is 2.19. The van der Waals surface area contributed by atoms with Gasteiger partial charge in [-0.1, -0.05) is 30.3 Å². The van der Waals surface area contributed by atoms with E-state index in [9.17, 15) is 4.79 Å². The summed E-state index contributed by atoms with van der Waals surface area (Å²) in [6.45, 7) is 0.892. The van der Waals surface area contributed by atoms with E-state index >= 15 is 0 Å². The van der Waals surface area contributed by atoms with Crippen molar-refractivity contribution in [1.82, 2.24) is 10.2 Å². The van der Waals surface area contributed by atoms with Crippen LogP contribution in [0.15, 0.2) is 30.3 Å². The molecule has 0 radical (unpaired) electrons. The molecule has 0 spiro atoms. The van der Waals surface area contributed by atoms with E-state index in [-0.39, 0.29) is 18.6 Å². The van der Waals surface area contributed by atoms with Crippen LogP contribution in [0.3, 0.4) is 0 Å². The van der Waals surface area contributed by atoms with E-state index in [1.165, 1.54) is 12.7 Å². The second-order valence-corrected chi connectivity index (χ2v) is 4.26. The first-order chi connectivity index (χ1) is 8.20. The lowest BCUT2D eigenvalue weighted by Crippen LogP contribution is -2.33. The second kappa shape index (κ2) is 5.14. The van der Waals surface area contributed by atoms with E-state index < -0.39 is 0 Å². The highest BCUT2D eigenvalue weighted by molar-refractivity contribution is 7.80. The summed E-state index contributed by atoms with van der Waals surface area (Å²) >= 11 is 5.19. The Morgan fingerprint density at radius 1 is 1.53 bits per heavy atom. The molecule has 2 rings (SSSR count). The monoisotopic (exact) mass is 250 g/mol. The van der Waals surface area contributed by atoms with E-state index in [2.05, 4.69) is 10.1 Å². The number of thiocarbonyl (C=S) groups is 1. The van der Waals surface area contributed by atoms with Crippen molar-refractivity contribution in [1.29, 1.82) is 0 Å². The van der Waals surface area contributed by atoms with Gasteiger partial charge in [0.2, 0.25) is 0 Å². The van der Waals surface area contributed by atoms with Crippen LogP contribution in [0.2, 0.25) is 0 Å². The van der Waals surface area contributed by atoms with Crippen molar-refractivity contribution < 1.29 is 9.53 Å². The van der Waals surface area contributed by atoms with Crippen molar-refractivity contribution >= 4 is 23.3 Å². The molecular formula is C12H14N2O2S. The van der Waals surface area contributed by atoms with Gasteiger partial charge in [-0.3, -0.25) is 4.79 Å². The lowest BCUT2D eigenvalue weighted by atomic mass is 10.1. The van der Waals surface area contributed by atoms with Crippen LogP contribution in [0, 0.1) is 0 Å².